The summed E-state index contributed by atoms with van der Waals surface area (Å²) in [5, 5.41) is 7.00. The van der Waals surface area contributed by atoms with Gasteiger partial charge in [0.2, 0.25) is 0 Å². The molecule has 5 heteroatoms. The van der Waals surface area contributed by atoms with Gasteiger partial charge in [0.25, 0.3) is 0 Å². The lowest BCUT2D eigenvalue weighted by Crippen LogP contribution is -1.95. The van der Waals surface area contributed by atoms with Crippen LogP contribution in [-0.2, 0) is 19.1 Å². The predicted molar refractivity (Wildman–Crippen MR) is 48.1 cm³/mol. The van der Waals surface area contributed by atoms with Gasteiger partial charge in [-0.2, -0.15) is 0 Å². The molecule has 0 saturated heterocycles. The molecule has 0 rings (SSSR count). The molecular weight excluding hydrogens is 176 g/mol. The molecule has 0 aliphatic rings. The van der Waals surface area contributed by atoms with Gasteiger partial charge in [-0.3, -0.25) is 9.59 Å². The summed E-state index contributed by atoms with van der Waals surface area (Å²) in [6.07, 6.45) is 0. The van der Waals surface area contributed by atoms with Crippen LogP contribution in [0, 0.1) is 0 Å². The third kappa shape index (κ3) is 56.8. The van der Waals surface area contributed by atoms with Crippen molar-refractivity contribution in [3.8, 4) is 0 Å². The van der Waals surface area contributed by atoms with Crippen LogP contribution >= 0.6 is 0 Å². The van der Waals surface area contributed by atoms with Crippen LogP contribution in [0.2, 0.25) is 0 Å². The molecule has 0 atom stereocenters. The number of rotatable bonds is 1. The Labute approximate surface area is 78.6 Å². The first-order chi connectivity index (χ1) is 6.04. The maximum Gasteiger partial charge on any atom is 0.302 e. The van der Waals surface area contributed by atoms with E-state index in [1.807, 2.05) is 0 Å². The Balaban J connectivity index is -0.000000131. The Morgan fingerprint density at radius 3 is 1.46 bits per heavy atom. The number of hydrogen-bond acceptors (Lipinski definition) is 5. The SMILES string of the molecule is CCOC(C)=O.CO.COC(C)=O. The standard InChI is InChI=1S/C4H8O2.C3H6O2.CH4O/c1-3-6-4(2)5;1-3(4)5-2;1-2/h3H2,1-2H3;1-2H3;2H,1H3. The van der Waals surface area contributed by atoms with Crippen LogP contribution < -0.4 is 0 Å². The Bertz CT molecular complexity index is 122. The van der Waals surface area contributed by atoms with E-state index >= 15 is 0 Å². The van der Waals surface area contributed by atoms with Crippen molar-refractivity contribution in [2.75, 3.05) is 20.8 Å². The van der Waals surface area contributed by atoms with E-state index in [1.54, 1.807) is 6.92 Å². The predicted octanol–water partition coefficient (Wildman–Crippen LogP) is 0.357. The van der Waals surface area contributed by atoms with Gasteiger partial charge in [-0.15, -0.1) is 0 Å². The summed E-state index contributed by atoms with van der Waals surface area (Å²) in [5.41, 5.74) is 0. The van der Waals surface area contributed by atoms with Crippen LogP contribution in [-0.4, -0.2) is 37.9 Å². The van der Waals surface area contributed by atoms with Gasteiger partial charge < -0.3 is 14.6 Å². The lowest BCUT2D eigenvalue weighted by atomic mass is 10.8. The van der Waals surface area contributed by atoms with Crippen molar-refractivity contribution in [2.24, 2.45) is 0 Å². The molecule has 0 aromatic carbocycles. The van der Waals surface area contributed by atoms with Crippen molar-refractivity contribution < 1.29 is 24.2 Å². The largest absolute Gasteiger partial charge is 0.469 e. The summed E-state index contributed by atoms with van der Waals surface area (Å²) in [6, 6.07) is 0. The van der Waals surface area contributed by atoms with E-state index in [1.165, 1.54) is 21.0 Å². The number of esters is 2. The summed E-state index contributed by atoms with van der Waals surface area (Å²) in [7, 11) is 2.35. The molecule has 80 valence electrons. The minimum absolute atomic E-state index is 0.211. The second kappa shape index (κ2) is 17.1. The van der Waals surface area contributed by atoms with Gasteiger partial charge in [-0.25, -0.2) is 0 Å². The number of aliphatic hydroxyl groups excluding tert-OH is 1. The van der Waals surface area contributed by atoms with E-state index in [0.717, 1.165) is 7.11 Å². The summed E-state index contributed by atoms with van der Waals surface area (Å²) in [5.74, 6) is -0.456. The maximum atomic E-state index is 9.82. The zero-order valence-corrected chi connectivity index (χ0v) is 8.79. The minimum Gasteiger partial charge on any atom is -0.469 e. The lowest BCUT2D eigenvalue weighted by molar-refractivity contribution is -0.140. The molecule has 0 aliphatic heterocycles. The van der Waals surface area contributed by atoms with Crippen molar-refractivity contribution in [1.82, 2.24) is 0 Å². The molecule has 5 nitrogen and oxygen atoms in total. The number of carbonyl (C=O) groups excluding carboxylic acids is 2. The molecule has 0 amide bonds. The molecule has 0 radical (unpaired) electrons. The third-order valence-corrected chi connectivity index (χ3v) is 0.635. The van der Waals surface area contributed by atoms with Crippen LogP contribution in [0.3, 0.4) is 0 Å². The average molecular weight is 194 g/mol. The van der Waals surface area contributed by atoms with Gasteiger partial charge >= 0.3 is 11.9 Å². The van der Waals surface area contributed by atoms with E-state index in [9.17, 15) is 9.59 Å². The number of carbonyl (C=O) groups is 2. The minimum atomic E-state index is -0.245. The molecule has 0 heterocycles. The van der Waals surface area contributed by atoms with Crippen molar-refractivity contribution in [3.05, 3.63) is 0 Å². The van der Waals surface area contributed by atoms with Crippen LogP contribution in [0.5, 0.6) is 0 Å². The zero-order valence-electron chi connectivity index (χ0n) is 8.79. The fraction of sp³-hybridized carbons (Fsp3) is 0.750. The number of hydrogen-bond donors (Lipinski definition) is 1. The first kappa shape index (κ1) is 17.8. The molecule has 0 bridgehead atoms. The highest BCUT2D eigenvalue weighted by molar-refractivity contribution is 5.65. The molecule has 0 aromatic rings. The third-order valence-electron chi connectivity index (χ3n) is 0.635. The van der Waals surface area contributed by atoms with Crippen molar-refractivity contribution >= 4 is 11.9 Å². The first-order valence-corrected chi connectivity index (χ1v) is 3.67. The van der Waals surface area contributed by atoms with Gasteiger partial charge in [-0.1, -0.05) is 0 Å². The summed E-state index contributed by atoms with van der Waals surface area (Å²) < 4.78 is 8.51. The Kier molecular flexibility index (Phi) is 23.5. The van der Waals surface area contributed by atoms with E-state index < -0.39 is 0 Å². The molecule has 13 heavy (non-hydrogen) atoms. The van der Waals surface area contributed by atoms with E-state index in [2.05, 4.69) is 9.47 Å². The van der Waals surface area contributed by atoms with Crippen molar-refractivity contribution in [2.45, 2.75) is 20.8 Å². The highest BCUT2D eigenvalue weighted by atomic mass is 16.5. The molecule has 0 aromatic heterocycles. The van der Waals surface area contributed by atoms with Crippen LogP contribution in [0.25, 0.3) is 0 Å². The monoisotopic (exact) mass is 194 g/mol. The molecule has 0 saturated carbocycles. The quantitative estimate of drug-likeness (QED) is 0.610. The maximum absolute atomic E-state index is 9.82. The smallest absolute Gasteiger partial charge is 0.302 e. The average Bonchev–Trinajstić information content (AvgIpc) is 2.09. The zero-order chi connectivity index (χ0) is 11.3. The molecule has 1 N–H and O–H groups in total. The van der Waals surface area contributed by atoms with Gasteiger partial charge in [-0.05, 0) is 6.92 Å². The van der Waals surface area contributed by atoms with Gasteiger partial charge in [0, 0.05) is 21.0 Å². The highest BCUT2D eigenvalue weighted by Gasteiger charge is 1.81. The van der Waals surface area contributed by atoms with Crippen LogP contribution in [0.15, 0.2) is 0 Å². The fourth-order valence-corrected chi connectivity index (χ4v) is 0.203. The molecule has 0 aliphatic carbocycles. The second-order valence-electron chi connectivity index (χ2n) is 1.62. The van der Waals surface area contributed by atoms with E-state index in [4.69, 9.17) is 5.11 Å². The lowest BCUT2D eigenvalue weighted by Gasteiger charge is -1.89. The second-order valence-corrected chi connectivity index (χ2v) is 1.62. The highest BCUT2D eigenvalue weighted by Crippen LogP contribution is 1.69. The molecule has 0 unspecified atom stereocenters. The molecule has 0 fully saturated rings. The van der Waals surface area contributed by atoms with Gasteiger partial charge in [0.1, 0.15) is 0 Å². The van der Waals surface area contributed by atoms with Gasteiger partial charge in [0.15, 0.2) is 0 Å². The summed E-state index contributed by atoms with van der Waals surface area (Å²) in [6.45, 7) is 5.01. The van der Waals surface area contributed by atoms with Crippen molar-refractivity contribution in [3.63, 3.8) is 0 Å². The van der Waals surface area contributed by atoms with E-state index in [0.29, 0.717) is 6.61 Å². The van der Waals surface area contributed by atoms with Crippen molar-refractivity contribution in [1.29, 1.82) is 0 Å². The van der Waals surface area contributed by atoms with Gasteiger partial charge in [0.05, 0.1) is 13.7 Å². The normalized spacial score (nSPS) is 6.62. The van der Waals surface area contributed by atoms with E-state index in [-0.39, 0.29) is 11.9 Å². The van der Waals surface area contributed by atoms with Crippen LogP contribution in [0.1, 0.15) is 20.8 Å². The fourth-order valence-electron chi connectivity index (χ4n) is 0.203. The molecule has 0 spiro atoms. The number of ether oxygens (including phenoxy) is 2. The molecular formula is C8H18O5. The summed E-state index contributed by atoms with van der Waals surface area (Å²) >= 11 is 0. The number of aliphatic hydroxyl groups is 1. The topological polar surface area (TPSA) is 72.8 Å². The Hall–Kier alpha value is -1.10. The number of methoxy groups -OCH3 is 1. The Morgan fingerprint density at radius 2 is 1.46 bits per heavy atom. The summed E-state index contributed by atoms with van der Waals surface area (Å²) in [4.78, 5) is 19.4. The van der Waals surface area contributed by atoms with Crippen LogP contribution in [0.4, 0.5) is 0 Å². The Morgan fingerprint density at radius 1 is 1.15 bits per heavy atom. The first-order valence-electron chi connectivity index (χ1n) is 3.67.